The van der Waals surface area contributed by atoms with Gasteiger partial charge in [0, 0.05) is 12.5 Å². The normalized spacial score (nSPS) is 22.2. The molecule has 1 rings (SSSR count). The van der Waals surface area contributed by atoms with E-state index in [1.807, 2.05) is 13.8 Å². The Morgan fingerprint density at radius 3 is 2.84 bits per heavy atom. The lowest BCUT2D eigenvalue weighted by Gasteiger charge is -2.28. The van der Waals surface area contributed by atoms with Crippen LogP contribution in [0, 0.1) is 5.92 Å². The minimum Gasteiger partial charge on any atom is -0.465 e. The first kappa shape index (κ1) is 16.4. The predicted octanol–water partition coefficient (Wildman–Crippen LogP) is 1.36. The van der Waals surface area contributed by atoms with Gasteiger partial charge in [0.2, 0.25) is 0 Å². The molecule has 5 heteroatoms. The molecule has 1 saturated heterocycles. The summed E-state index contributed by atoms with van der Waals surface area (Å²) < 4.78 is 16.1. The number of nitrogens with one attached hydrogen (secondary N) is 1. The second-order valence-corrected chi connectivity index (χ2v) is 5.22. The molecule has 1 N–H and O–H groups in total. The fourth-order valence-corrected chi connectivity index (χ4v) is 2.02. The fourth-order valence-electron chi connectivity index (χ4n) is 2.02. The van der Waals surface area contributed by atoms with Gasteiger partial charge in [-0.15, -0.1) is 0 Å². The van der Waals surface area contributed by atoms with E-state index in [0.29, 0.717) is 25.7 Å². The average molecular weight is 273 g/mol. The van der Waals surface area contributed by atoms with Crippen molar-refractivity contribution in [2.24, 2.45) is 5.92 Å². The number of carbonyl (C=O) groups is 1. The molecule has 0 aromatic carbocycles. The topological polar surface area (TPSA) is 56.8 Å². The number of carbonyl (C=O) groups excluding carboxylic acids is 1. The highest BCUT2D eigenvalue weighted by Crippen LogP contribution is 2.14. The molecule has 1 fully saturated rings. The van der Waals surface area contributed by atoms with E-state index in [9.17, 15) is 4.79 Å². The molecule has 0 aromatic rings. The Morgan fingerprint density at radius 2 is 2.26 bits per heavy atom. The molecule has 1 aliphatic heterocycles. The van der Waals surface area contributed by atoms with Gasteiger partial charge in [-0.1, -0.05) is 6.92 Å². The maximum atomic E-state index is 12.0. The number of hydrogen-bond acceptors (Lipinski definition) is 5. The van der Waals surface area contributed by atoms with Crippen LogP contribution in [0.25, 0.3) is 0 Å². The first-order valence-electron chi connectivity index (χ1n) is 7.20. The number of esters is 1. The fraction of sp³-hybridized carbons (Fsp3) is 0.929. The molecule has 5 nitrogen and oxygen atoms in total. The zero-order valence-electron chi connectivity index (χ0n) is 12.4. The molecule has 0 aromatic heterocycles. The van der Waals surface area contributed by atoms with Crippen LogP contribution < -0.4 is 5.32 Å². The Hall–Kier alpha value is -0.650. The summed E-state index contributed by atoms with van der Waals surface area (Å²) >= 11 is 0. The highest BCUT2D eigenvalue weighted by Gasteiger charge is 2.34. The molecule has 0 aliphatic carbocycles. The summed E-state index contributed by atoms with van der Waals surface area (Å²) in [4.78, 5) is 12.0. The van der Waals surface area contributed by atoms with Gasteiger partial charge >= 0.3 is 5.97 Å². The highest BCUT2D eigenvalue weighted by molar-refractivity contribution is 5.80. The van der Waals surface area contributed by atoms with E-state index in [-0.39, 0.29) is 5.97 Å². The van der Waals surface area contributed by atoms with Crippen molar-refractivity contribution in [2.75, 3.05) is 39.6 Å². The van der Waals surface area contributed by atoms with E-state index in [1.165, 1.54) is 0 Å². The summed E-state index contributed by atoms with van der Waals surface area (Å²) in [7, 11) is 0. The van der Waals surface area contributed by atoms with Gasteiger partial charge < -0.3 is 19.5 Å². The summed E-state index contributed by atoms with van der Waals surface area (Å²) in [5.41, 5.74) is -0.758. The number of hydrogen-bond donors (Lipinski definition) is 1. The van der Waals surface area contributed by atoms with Gasteiger partial charge in [-0.05, 0) is 33.2 Å². The van der Waals surface area contributed by atoms with E-state index in [2.05, 4.69) is 12.2 Å². The zero-order valence-corrected chi connectivity index (χ0v) is 12.4. The lowest BCUT2D eigenvalue weighted by Crippen LogP contribution is -2.54. The standard InChI is InChI=1S/C14H27NO4/c1-4-7-15-14(3,13(16)19-5-2)11-18-10-12-6-8-17-9-12/h12,15H,4-11H2,1-3H3. The number of rotatable bonds is 9. The van der Waals surface area contributed by atoms with Crippen LogP contribution in [0.1, 0.15) is 33.6 Å². The van der Waals surface area contributed by atoms with E-state index in [1.54, 1.807) is 0 Å². The lowest BCUT2D eigenvalue weighted by atomic mass is 10.0. The van der Waals surface area contributed by atoms with Crippen molar-refractivity contribution in [2.45, 2.75) is 39.2 Å². The van der Waals surface area contributed by atoms with Gasteiger partial charge in [0.15, 0.2) is 0 Å². The molecular formula is C14H27NO4. The van der Waals surface area contributed by atoms with E-state index in [0.717, 1.165) is 32.6 Å². The third-order valence-electron chi connectivity index (χ3n) is 3.26. The summed E-state index contributed by atoms with van der Waals surface area (Å²) in [5.74, 6) is 0.212. The van der Waals surface area contributed by atoms with E-state index < -0.39 is 5.54 Å². The molecule has 0 bridgehead atoms. The van der Waals surface area contributed by atoms with Crippen molar-refractivity contribution < 1.29 is 19.0 Å². The van der Waals surface area contributed by atoms with Gasteiger partial charge in [0.25, 0.3) is 0 Å². The number of ether oxygens (including phenoxy) is 3. The van der Waals surface area contributed by atoms with Crippen molar-refractivity contribution in [3.63, 3.8) is 0 Å². The molecule has 1 aliphatic rings. The molecule has 2 unspecified atom stereocenters. The Bertz CT molecular complexity index is 266. The quantitative estimate of drug-likeness (QED) is 0.643. The molecule has 0 amide bonds. The Balaban J connectivity index is 2.40. The molecule has 1 heterocycles. The predicted molar refractivity (Wildman–Crippen MR) is 73.1 cm³/mol. The molecule has 0 spiro atoms. The monoisotopic (exact) mass is 273 g/mol. The summed E-state index contributed by atoms with van der Waals surface area (Å²) in [6.07, 6.45) is 2.00. The maximum absolute atomic E-state index is 12.0. The van der Waals surface area contributed by atoms with Crippen LogP contribution in [0.5, 0.6) is 0 Å². The molecule has 2 atom stereocenters. The van der Waals surface area contributed by atoms with Gasteiger partial charge in [-0.3, -0.25) is 0 Å². The Labute approximate surface area is 116 Å². The van der Waals surface area contributed by atoms with Gasteiger partial charge in [0.05, 0.1) is 26.4 Å². The van der Waals surface area contributed by atoms with Crippen molar-refractivity contribution >= 4 is 5.97 Å². The third kappa shape index (κ3) is 5.47. The SMILES string of the molecule is CCCNC(C)(COCC1CCOC1)C(=O)OCC. The molecular weight excluding hydrogens is 246 g/mol. The maximum Gasteiger partial charge on any atom is 0.328 e. The van der Waals surface area contributed by atoms with Crippen LogP contribution >= 0.6 is 0 Å². The Morgan fingerprint density at radius 1 is 1.47 bits per heavy atom. The average Bonchev–Trinajstić information content (AvgIpc) is 2.90. The first-order valence-corrected chi connectivity index (χ1v) is 7.20. The smallest absolute Gasteiger partial charge is 0.328 e. The van der Waals surface area contributed by atoms with Crippen molar-refractivity contribution in [3.05, 3.63) is 0 Å². The largest absolute Gasteiger partial charge is 0.465 e. The third-order valence-corrected chi connectivity index (χ3v) is 3.26. The van der Waals surface area contributed by atoms with Gasteiger partial charge in [-0.25, -0.2) is 4.79 Å². The summed E-state index contributed by atoms with van der Waals surface area (Å²) in [5, 5.41) is 3.22. The first-order chi connectivity index (χ1) is 9.12. The second-order valence-electron chi connectivity index (χ2n) is 5.22. The lowest BCUT2D eigenvalue weighted by molar-refractivity contribution is -0.153. The van der Waals surface area contributed by atoms with Crippen LogP contribution in [-0.2, 0) is 19.0 Å². The second kappa shape index (κ2) is 8.51. The highest BCUT2D eigenvalue weighted by atomic mass is 16.5. The molecule has 0 saturated carbocycles. The molecule has 112 valence electrons. The van der Waals surface area contributed by atoms with Crippen LogP contribution in [0.4, 0.5) is 0 Å². The van der Waals surface area contributed by atoms with E-state index >= 15 is 0 Å². The van der Waals surface area contributed by atoms with Gasteiger partial charge in [-0.2, -0.15) is 0 Å². The summed E-state index contributed by atoms with van der Waals surface area (Å²) in [6, 6.07) is 0. The zero-order chi connectivity index (χ0) is 14.1. The van der Waals surface area contributed by atoms with Crippen LogP contribution in [0.15, 0.2) is 0 Å². The van der Waals surface area contributed by atoms with Crippen molar-refractivity contribution in [3.8, 4) is 0 Å². The Kier molecular flexibility index (Phi) is 7.34. The van der Waals surface area contributed by atoms with Crippen LogP contribution in [-0.4, -0.2) is 51.1 Å². The molecule has 0 radical (unpaired) electrons. The summed E-state index contributed by atoms with van der Waals surface area (Å²) in [6.45, 7) is 9.43. The minimum absolute atomic E-state index is 0.244. The van der Waals surface area contributed by atoms with Crippen LogP contribution in [0.2, 0.25) is 0 Å². The van der Waals surface area contributed by atoms with E-state index in [4.69, 9.17) is 14.2 Å². The van der Waals surface area contributed by atoms with Gasteiger partial charge in [0.1, 0.15) is 5.54 Å². The van der Waals surface area contributed by atoms with Crippen molar-refractivity contribution in [1.29, 1.82) is 0 Å². The minimum atomic E-state index is -0.758. The molecule has 19 heavy (non-hydrogen) atoms. The van der Waals surface area contributed by atoms with Crippen LogP contribution in [0.3, 0.4) is 0 Å². The van der Waals surface area contributed by atoms with Crippen molar-refractivity contribution in [1.82, 2.24) is 5.32 Å².